The third-order valence-electron chi connectivity index (χ3n) is 4.14. The second-order valence-corrected chi connectivity index (χ2v) is 5.81. The molecular formula is C17H24N2O5. The van der Waals surface area contributed by atoms with Crippen LogP contribution in [-0.4, -0.2) is 57.2 Å². The van der Waals surface area contributed by atoms with Crippen LogP contribution in [-0.2, 0) is 14.3 Å². The van der Waals surface area contributed by atoms with Gasteiger partial charge in [-0.1, -0.05) is 0 Å². The maximum absolute atomic E-state index is 12.5. The molecule has 1 aliphatic rings. The number of hydrogen-bond acceptors (Lipinski definition) is 5. The first-order valence-corrected chi connectivity index (χ1v) is 7.81. The zero-order valence-corrected chi connectivity index (χ0v) is 14.5. The van der Waals surface area contributed by atoms with Gasteiger partial charge in [0.05, 0.1) is 38.5 Å². The van der Waals surface area contributed by atoms with E-state index >= 15 is 0 Å². The molecule has 2 rings (SSSR count). The maximum atomic E-state index is 12.5. The summed E-state index contributed by atoms with van der Waals surface area (Å²) in [6.45, 7) is 2.76. The highest BCUT2D eigenvalue weighted by atomic mass is 16.5. The maximum Gasteiger partial charge on any atom is 0.229 e. The Kier molecular flexibility index (Phi) is 6.03. The summed E-state index contributed by atoms with van der Waals surface area (Å²) in [5.74, 6) is 0.543. The Labute approximate surface area is 141 Å². The molecule has 132 valence electrons. The molecule has 7 heteroatoms. The molecule has 24 heavy (non-hydrogen) atoms. The standard InChI is InChI=1S/C17H24N2O5/c1-11(10-22-2)19-9-12(7-16(19)20)17(21)18-14-6-5-13(23-3)8-15(14)24-4/h5-6,8,11-12H,7,9-10H2,1-4H3,(H,18,21)/t11-,12-/m1/s1. The molecule has 0 radical (unpaired) electrons. The number of nitrogens with zero attached hydrogens (tertiary/aromatic N) is 1. The molecule has 0 saturated carbocycles. The van der Waals surface area contributed by atoms with Crippen molar-refractivity contribution in [2.24, 2.45) is 5.92 Å². The van der Waals surface area contributed by atoms with E-state index < -0.39 is 0 Å². The molecule has 0 unspecified atom stereocenters. The third-order valence-corrected chi connectivity index (χ3v) is 4.14. The van der Waals surface area contributed by atoms with Crippen LogP contribution >= 0.6 is 0 Å². The summed E-state index contributed by atoms with van der Waals surface area (Å²) in [6.07, 6.45) is 0.207. The van der Waals surface area contributed by atoms with Gasteiger partial charge < -0.3 is 24.4 Å². The van der Waals surface area contributed by atoms with Crippen molar-refractivity contribution >= 4 is 17.5 Å². The highest BCUT2D eigenvalue weighted by molar-refractivity contribution is 5.98. The van der Waals surface area contributed by atoms with Crippen molar-refractivity contribution in [2.45, 2.75) is 19.4 Å². The summed E-state index contributed by atoms with van der Waals surface area (Å²) in [5.41, 5.74) is 0.555. The zero-order valence-electron chi connectivity index (χ0n) is 14.5. The minimum atomic E-state index is -0.386. The third kappa shape index (κ3) is 3.97. The van der Waals surface area contributed by atoms with Gasteiger partial charge in [0.2, 0.25) is 11.8 Å². The molecule has 1 aliphatic heterocycles. The molecule has 1 aromatic carbocycles. The molecule has 0 aliphatic carbocycles. The van der Waals surface area contributed by atoms with E-state index in [1.54, 1.807) is 37.3 Å². The van der Waals surface area contributed by atoms with Gasteiger partial charge in [-0.25, -0.2) is 0 Å². The van der Waals surface area contributed by atoms with E-state index in [-0.39, 0.29) is 30.2 Å². The second-order valence-electron chi connectivity index (χ2n) is 5.81. The quantitative estimate of drug-likeness (QED) is 0.817. The summed E-state index contributed by atoms with van der Waals surface area (Å²) >= 11 is 0. The van der Waals surface area contributed by atoms with Crippen LogP contribution in [0.1, 0.15) is 13.3 Å². The molecule has 1 N–H and O–H groups in total. The average Bonchev–Trinajstić information content (AvgIpc) is 2.97. The Balaban J connectivity index is 2.04. The summed E-state index contributed by atoms with van der Waals surface area (Å²) in [6, 6.07) is 5.11. The van der Waals surface area contributed by atoms with Crippen molar-refractivity contribution in [3.05, 3.63) is 18.2 Å². The van der Waals surface area contributed by atoms with Gasteiger partial charge in [-0.05, 0) is 19.1 Å². The van der Waals surface area contributed by atoms with Crippen molar-refractivity contribution in [3.8, 4) is 11.5 Å². The largest absolute Gasteiger partial charge is 0.497 e. The lowest BCUT2D eigenvalue weighted by Gasteiger charge is -2.24. The number of likely N-dealkylation sites (tertiary alicyclic amines) is 1. The van der Waals surface area contributed by atoms with Crippen LogP contribution in [0.25, 0.3) is 0 Å². The van der Waals surface area contributed by atoms with Crippen molar-refractivity contribution < 1.29 is 23.8 Å². The Bertz CT molecular complexity index is 605. The number of anilines is 1. The lowest BCUT2D eigenvalue weighted by molar-refractivity contribution is -0.130. The molecular weight excluding hydrogens is 312 g/mol. The SMILES string of the molecule is COC[C@@H](C)N1C[C@H](C(=O)Nc2ccc(OC)cc2OC)CC1=O. The van der Waals surface area contributed by atoms with Crippen molar-refractivity contribution in [1.82, 2.24) is 4.90 Å². The lowest BCUT2D eigenvalue weighted by Crippen LogP contribution is -2.38. The molecule has 2 atom stereocenters. The van der Waals surface area contributed by atoms with Crippen LogP contribution in [0.3, 0.4) is 0 Å². The lowest BCUT2D eigenvalue weighted by atomic mass is 10.1. The molecule has 1 saturated heterocycles. The Hall–Kier alpha value is -2.28. The minimum absolute atomic E-state index is 0.0265. The first-order valence-electron chi connectivity index (χ1n) is 7.81. The van der Waals surface area contributed by atoms with Crippen LogP contribution < -0.4 is 14.8 Å². The van der Waals surface area contributed by atoms with Crippen LogP contribution in [0, 0.1) is 5.92 Å². The van der Waals surface area contributed by atoms with E-state index in [9.17, 15) is 9.59 Å². The van der Waals surface area contributed by atoms with Crippen molar-refractivity contribution in [3.63, 3.8) is 0 Å². The molecule has 1 fully saturated rings. The number of carbonyl (C=O) groups is 2. The molecule has 2 amide bonds. The summed E-state index contributed by atoms with van der Waals surface area (Å²) < 4.78 is 15.5. The first kappa shape index (κ1) is 18.1. The van der Waals surface area contributed by atoms with E-state index in [0.29, 0.717) is 30.3 Å². The monoisotopic (exact) mass is 336 g/mol. The second kappa shape index (κ2) is 8.01. The van der Waals surface area contributed by atoms with E-state index in [1.165, 1.54) is 7.11 Å². The molecule has 1 aromatic rings. The first-order chi connectivity index (χ1) is 11.5. The van der Waals surface area contributed by atoms with Gasteiger partial charge in [0.15, 0.2) is 0 Å². The topological polar surface area (TPSA) is 77.1 Å². The van der Waals surface area contributed by atoms with E-state index in [0.717, 1.165) is 0 Å². The van der Waals surface area contributed by atoms with Crippen LogP contribution in [0.15, 0.2) is 18.2 Å². The Morgan fingerprint density at radius 2 is 2.08 bits per heavy atom. The minimum Gasteiger partial charge on any atom is -0.497 e. The van der Waals surface area contributed by atoms with Crippen LogP contribution in [0.5, 0.6) is 11.5 Å². The number of nitrogens with one attached hydrogen (secondary N) is 1. The summed E-state index contributed by atoms with van der Waals surface area (Å²) in [5, 5.41) is 2.84. The molecule has 0 bridgehead atoms. The van der Waals surface area contributed by atoms with Crippen LogP contribution in [0.4, 0.5) is 5.69 Å². The number of amides is 2. The Morgan fingerprint density at radius 3 is 2.71 bits per heavy atom. The van der Waals surface area contributed by atoms with E-state index in [4.69, 9.17) is 14.2 Å². The highest BCUT2D eigenvalue weighted by Crippen LogP contribution is 2.30. The van der Waals surface area contributed by atoms with Gasteiger partial charge in [0.25, 0.3) is 0 Å². The van der Waals surface area contributed by atoms with Gasteiger partial charge >= 0.3 is 0 Å². The summed E-state index contributed by atoms with van der Waals surface area (Å²) in [4.78, 5) is 26.3. The van der Waals surface area contributed by atoms with E-state index in [2.05, 4.69) is 5.32 Å². The Morgan fingerprint density at radius 1 is 1.33 bits per heavy atom. The van der Waals surface area contributed by atoms with Crippen molar-refractivity contribution in [2.75, 3.05) is 39.8 Å². The molecule has 0 spiro atoms. The smallest absolute Gasteiger partial charge is 0.229 e. The fourth-order valence-electron chi connectivity index (χ4n) is 2.80. The van der Waals surface area contributed by atoms with E-state index in [1.807, 2.05) is 6.92 Å². The van der Waals surface area contributed by atoms with Crippen molar-refractivity contribution in [1.29, 1.82) is 0 Å². The summed E-state index contributed by atoms with van der Waals surface area (Å²) in [7, 11) is 4.68. The zero-order chi connectivity index (χ0) is 17.7. The average molecular weight is 336 g/mol. The van der Waals surface area contributed by atoms with Gasteiger partial charge in [0.1, 0.15) is 11.5 Å². The molecule has 1 heterocycles. The predicted octanol–water partition coefficient (Wildman–Crippen LogP) is 1.53. The molecule has 7 nitrogen and oxygen atoms in total. The van der Waals surface area contributed by atoms with Gasteiger partial charge in [-0.15, -0.1) is 0 Å². The number of rotatable bonds is 7. The molecule has 0 aromatic heterocycles. The number of carbonyl (C=O) groups excluding carboxylic acids is 2. The number of hydrogen-bond donors (Lipinski definition) is 1. The number of methoxy groups -OCH3 is 3. The number of ether oxygens (including phenoxy) is 3. The fraction of sp³-hybridized carbons (Fsp3) is 0.529. The highest BCUT2D eigenvalue weighted by Gasteiger charge is 2.36. The van der Waals surface area contributed by atoms with Gasteiger partial charge in [0, 0.05) is 26.1 Å². The number of benzene rings is 1. The van der Waals surface area contributed by atoms with Crippen LogP contribution in [0.2, 0.25) is 0 Å². The fourth-order valence-corrected chi connectivity index (χ4v) is 2.80. The van der Waals surface area contributed by atoms with Gasteiger partial charge in [-0.2, -0.15) is 0 Å². The normalized spacial score (nSPS) is 18.4. The van der Waals surface area contributed by atoms with Gasteiger partial charge in [-0.3, -0.25) is 9.59 Å². The predicted molar refractivity (Wildman–Crippen MR) is 89.3 cm³/mol.